The van der Waals surface area contributed by atoms with Crippen LogP contribution in [0.1, 0.15) is 0 Å². The first kappa shape index (κ1) is 22.4. The zero-order valence-electron chi connectivity index (χ0n) is 17.0. The Morgan fingerprint density at radius 1 is 1.09 bits per heavy atom. The molecule has 162 valence electrons. The van der Waals surface area contributed by atoms with Gasteiger partial charge in [0.05, 0.1) is 12.9 Å². The number of hydrogen-bond acceptors (Lipinski definition) is 5. The average Bonchev–Trinajstić information content (AvgIpc) is 3.22. The van der Waals surface area contributed by atoms with E-state index in [0.717, 1.165) is 27.2 Å². The number of nitrogens with one attached hydrogen (secondary N) is 1. The molecular weight excluding hydrogens is 512 g/mol. The van der Waals surface area contributed by atoms with Gasteiger partial charge in [0.25, 0.3) is 0 Å². The molecule has 1 heterocycles. The number of aromatic nitrogens is 3. The maximum absolute atomic E-state index is 12.5. The van der Waals surface area contributed by atoms with Crippen LogP contribution < -0.4 is 10.1 Å². The number of benzene rings is 3. The van der Waals surface area contributed by atoms with E-state index in [0.29, 0.717) is 16.0 Å². The van der Waals surface area contributed by atoms with Crippen molar-refractivity contribution in [2.45, 2.75) is 5.16 Å². The van der Waals surface area contributed by atoms with Crippen LogP contribution in [0.2, 0.25) is 5.02 Å². The van der Waals surface area contributed by atoms with Gasteiger partial charge in [0, 0.05) is 26.4 Å². The number of amides is 1. The third kappa shape index (κ3) is 5.32. The first-order valence-electron chi connectivity index (χ1n) is 9.57. The summed E-state index contributed by atoms with van der Waals surface area (Å²) in [7, 11) is 1.62. The fourth-order valence-electron chi connectivity index (χ4n) is 3.03. The normalized spacial score (nSPS) is 10.7. The quantitative estimate of drug-likeness (QED) is 0.293. The summed E-state index contributed by atoms with van der Waals surface area (Å²) in [6, 6.07) is 22.4. The largest absolute Gasteiger partial charge is 0.497 e. The minimum absolute atomic E-state index is 0.137. The fourth-order valence-corrected chi connectivity index (χ4v) is 4.31. The van der Waals surface area contributed by atoms with Crippen molar-refractivity contribution in [2.24, 2.45) is 0 Å². The first-order chi connectivity index (χ1) is 15.5. The number of ether oxygens (including phenoxy) is 1. The number of carbonyl (C=O) groups is 1. The fraction of sp³-hybridized carbons (Fsp3) is 0.0870. The molecule has 0 aliphatic heterocycles. The van der Waals surface area contributed by atoms with Crippen molar-refractivity contribution in [3.8, 4) is 22.8 Å². The Morgan fingerprint density at radius 3 is 2.62 bits per heavy atom. The van der Waals surface area contributed by atoms with Crippen molar-refractivity contribution in [3.05, 3.63) is 82.3 Å². The SMILES string of the molecule is COc1cccc(-c2nnc(SCC(=O)Nc3cccc(Br)c3)n2-c2ccc(Cl)cc2)c1. The highest BCUT2D eigenvalue weighted by atomic mass is 79.9. The van der Waals surface area contributed by atoms with E-state index in [1.807, 2.05) is 65.2 Å². The first-order valence-corrected chi connectivity index (χ1v) is 11.7. The predicted octanol–water partition coefficient (Wildman–Crippen LogP) is 6.09. The molecule has 0 atom stereocenters. The van der Waals surface area contributed by atoms with Crippen LogP contribution in [0.15, 0.2) is 82.4 Å². The third-order valence-corrected chi connectivity index (χ3v) is 6.16. The Labute approximate surface area is 203 Å². The van der Waals surface area contributed by atoms with Gasteiger partial charge < -0.3 is 10.1 Å². The smallest absolute Gasteiger partial charge is 0.234 e. The van der Waals surface area contributed by atoms with Crippen molar-refractivity contribution in [1.29, 1.82) is 0 Å². The number of halogens is 2. The standard InChI is InChI=1S/C23H18BrClN4O2S/c1-31-20-7-2-4-15(12-20)22-27-28-23(29(22)19-10-8-17(25)9-11-19)32-14-21(30)26-18-6-3-5-16(24)13-18/h2-13H,14H2,1H3,(H,26,30). The van der Waals surface area contributed by atoms with Crippen molar-refractivity contribution >= 4 is 50.9 Å². The summed E-state index contributed by atoms with van der Waals surface area (Å²) in [5.41, 5.74) is 2.41. The second kappa shape index (κ2) is 10.2. The van der Waals surface area contributed by atoms with Crippen LogP contribution in [0.25, 0.3) is 17.1 Å². The molecule has 6 nitrogen and oxygen atoms in total. The summed E-state index contributed by atoms with van der Waals surface area (Å²) >= 11 is 10.8. The number of carbonyl (C=O) groups excluding carboxylic acids is 1. The Hall–Kier alpha value is -2.81. The summed E-state index contributed by atoms with van der Waals surface area (Å²) in [5, 5.41) is 12.9. The van der Waals surface area contributed by atoms with E-state index < -0.39 is 0 Å². The van der Waals surface area contributed by atoms with E-state index >= 15 is 0 Å². The van der Waals surface area contributed by atoms with Crippen molar-refractivity contribution in [1.82, 2.24) is 14.8 Å². The molecule has 0 saturated carbocycles. The lowest BCUT2D eigenvalue weighted by Crippen LogP contribution is -2.14. The Kier molecular flexibility index (Phi) is 7.14. The van der Waals surface area contributed by atoms with Crippen molar-refractivity contribution in [2.75, 3.05) is 18.2 Å². The van der Waals surface area contributed by atoms with Gasteiger partial charge in [0.1, 0.15) is 5.75 Å². The lowest BCUT2D eigenvalue weighted by molar-refractivity contribution is -0.113. The second-order valence-electron chi connectivity index (χ2n) is 6.70. The van der Waals surface area contributed by atoms with Crippen LogP contribution in [-0.4, -0.2) is 33.5 Å². The second-order valence-corrected chi connectivity index (χ2v) is 8.99. The predicted molar refractivity (Wildman–Crippen MR) is 132 cm³/mol. The van der Waals surface area contributed by atoms with Gasteiger partial charge in [-0.15, -0.1) is 10.2 Å². The maximum atomic E-state index is 12.5. The van der Waals surface area contributed by atoms with Crippen molar-refractivity contribution in [3.63, 3.8) is 0 Å². The third-order valence-electron chi connectivity index (χ3n) is 4.49. The highest BCUT2D eigenvalue weighted by molar-refractivity contribution is 9.10. The Bertz CT molecular complexity index is 1250. The summed E-state index contributed by atoms with van der Waals surface area (Å²) in [4.78, 5) is 12.5. The van der Waals surface area contributed by atoms with E-state index in [2.05, 4.69) is 31.4 Å². The lowest BCUT2D eigenvalue weighted by atomic mass is 10.2. The summed E-state index contributed by atoms with van der Waals surface area (Å²) in [6.07, 6.45) is 0. The zero-order chi connectivity index (χ0) is 22.5. The van der Waals surface area contributed by atoms with E-state index in [1.165, 1.54) is 11.8 Å². The minimum atomic E-state index is -0.137. The summed E-state index contributed by atoms with van der Waals surface area (Å²) in [6.45, 7) is 0. The molecule has 0 aliphatic carbocycles. The van der Waals surface area contributed by atoms with Gasteiger partial charge in [-0.25, -0.2) is 0 Å². The van der Waals surface area contributed by atoms with E-state index in [1.54, 1.807) is 19.2 Å². The zero-order valence-corrected chi connectivity index (χ0v) is 20.1. The molecule has 0 bridgehead atoms. The molecule has 3 aromatic carbocycles. The monoisotopic (exact) mass is 528 g/mol. The molecule has 0 spiro atoms. The minimum Gasteiger partial charge on any atom is -0.497 e. The number of nitrogens with zero attached hydrogens (tertiary/aromatic N) is 3. The molecule has 4 rings (SSSR count). The molecular formula is C23H18BrClN4O2S. The summed E-state index contributed by atoms with van der Waals surface area (Å²) < 4.78 is 8.15. The molecule has 1 amide bonds. The molecule has 0 radical (unpaired) electrons. The van der Waals surface area contributed by atoms with Gasteiger partial charge in [-0.2, -0.15) is 0 Å². The summed E-state index contributed by atoms with van der Waals surface area (Å²) in [5.74, 6) is 1.40. The number of rotatable bonds is 7. The number of thioether (sulfide) groups is 1. The van der Waals surface area contributed by atoms with E-state index in [4.69, 9.17) is 16.3 Å². The number of methoxy groups -OCH3 is 1. The van der Waals surface area contributed by atoms with Crippen LogP contribution in [0.4, 0.5) is 5.69 Å². The number of hydrogen-bond donors (Lipinski definition) is 1. The van der Waals surface area contributed by atoms with Gasteiger partial charge in [-0.1, -0.05) is 57.5 Å². The van der Waals surface area contributed by atoms with Crippen LogP contribution >= 0.6 is 39.3 Å². The van der Waals surface area contributed by atoms with Crippen LogP contribution in [-0.2, 0) is 4.79 Å². The van der Waals surface area contributed by atoms with Gasteiger partial charge >= 0.3 is 0 Å². The van der Waals surface area contributed by atoms with Gasteiger partial charge in [-0.05, 0) is 54.6 Å². The Balaban J connectivity index is 1.62. The number of anilines is 1. The molecule has 9 heteroatoms. The van der Waals surface area contributed by atoms with Crippen LogP contribution in [0.5, 0.6) is 5.75 Å². The van der Waals surface area contributed by atoms with Crippen LogP contribution in [0.3, 0.4) is 0 Å². The molecule has 0 fully saturated rings. The van der Waals surface area contributed by atoms with E-state index in [9.17, 15) is 4.79 Å². The molecule has 0 aliphatic rings. The molecule has 1 N–H and O–H groups in total. The lowest BCUT2D eigenvalue weighted by Gasteiger charge is -2.11. The van der Waals surface area contributed by atoms with Crippen molar-refractivity contribution < 1.29 is 9.53 Å². The van der Waals surface area contributed by atoms with E-state index in [-0.39, 0.29) is 11.7 Å². The van der Waals surface area contributed by atoms with Crippen LogP contribution in [0, 0.1) is 0 Å². The van der Waals surface area contributed by atoms with Gasteiger partial charge in [-0.3, -0.25) is 9.36 Å². The molecule has 0 unspecified atom stereocenters. The maximum Gasteiger partial charge on any atom is 0.234 e. The van der Waals surface area contributed by atoms with Gasteiger partial charge in [0.15, 0.2) is 11.0 Å². The molecule has 0 saturated heterocycles. The highest BCUT2D eigenvalue weighted by Gasteiger charge is 2.18. The topological polar surface area (TPSA) is 69.0 Å². The average molecular weight is 530 g/mol. The van der Waals surface area contributed by atoms with Gasteiger partial charge in [0.2, 0.25) is 5.91 Å². The molecule has 4 aromatic rings. The molecule has 32 heavy (non-hydrogen) atoms. The highest BCUT2D eigenvalue weighted by Crippen LogP contribution is 2.30. The Morgan fingerprint density at radius 2 is 1.88 bits per heavy atom. The molecule has 1 aromatic heterocycles.